The minimum absolute atomic E-state index is 0.0513. The zero-order valence-electron chi connectivity index (χ0n) is 19.6. The van der Waals surface area contributed by atoms with Crippen LogP contribution >= 0.6 is 23.1 Å². The van der Waals surface area contributed by atoms with Crippen molar-refractivity contribution < 1.29 is 14.3 Å². The second-order valence-corrected chi connectivity index (χ2v) is 10.0. The van der Waals surface area contributed by atoms with Gasteiger partial charge in [0.15, 0.2) is 17.6 Å². The molecule has 7 nitrogen and oxygen atoms in total. The number of aromatic nitrogens is 3. The normalized spacial score (nSPS) is 11.2. The molecule has 0 spiro atoms. The summed E-state index contributed by atoms with van der Waals surface area (Å²) in [7, 11) is 0. The third-order valence-corrected chi connectivity index (χ3v) is 6.90. The minimum atomic E-state index is -0.472. The van der Waals surface area contributed by atoms with Crippen LogP contribution in [0.5, 0.6) is 0 Å². The molecule has 0 aliphatic rings. The first-order chi connectivity index (χ1) is 15.8. The van der Waals surface area contributed by atoms with Crippen molar-refractivity contribution in [3.8, 4) is 10.7 Å². The molecule has 0 bridgehead atoms. The van der Waals surface area contributed by atoms with Gasteiger partial charge in [0.1, 0.15) is 0 Å². The van der Waals surface area contributed by atoms with Crippen molar-refractivity contribution in [2.24, 2.45) is 0 Å². The van der Waals surface area contributed by atoms with Gasteiger partial charge in [-0.2, -0.15) is 0 Å². The van der Waals surface area contributed by atoms with E-state index in [0.29, 0.717) is 11.7 Å². The lowest BCUT2D eigenvalue weighted by molar-refractivity contribution is -0.144. The first kappa shape index (κ1) is 25.0. The molecule has 0 unspecified atom stereocenters. The van der Waals surface area contributed by atoms with Gasteiger partial charge in [0.05, 0.1) is 10.6 Å². The molecular formula is C24H30N4O3S2. The fourth-order valence-corrected chi connectivity index (χ4v) is 4.97. The van der Waals surface area contributed by atoms with Crippen molar-refractivity contribution in [1.29, 1.82) is 0 Å². The van der Waals surface area contributed by atoms with Gasteiger partial charge in [-0.05, 0) is 41.3 Å². The average molecular weight is 487 g/mol. The molecule has 33 heavy (non-hydrogen) atoms. The number of hydrogen-bond donors (Lipinski definition) is 1. The largest absolute Gasteiger partial charge is 0.455 e. The number of esters is 1. The number of thiophene rings is 1. The summed E-state index contributed by atoms with van der Waals surface area (Å²) in [6.07, 6.45) is 0. The number of carbonyl (C=O) groups is 2. The maximum Gasteiger partial charge on any atom is 0.316 e. The molecule has 0 fully saturated rings. The number of thioether (sulfide) groups is 1. The van der Waals surface area contributed by atoms with E-state index in [1.807, 2.05) is 47.2 Å². The quantitative estimate of drug-likeness (QED) is 0.299. The topological polar surface area (TPSA) is 86.1 Å². The second kappa shape index (κ2) is 11.5. The SMILES string of the molecule is CCn1c(SCC(=O)OCC(=O)Nc2c(C(C)C)cccc2C(C)C)nnc1-c1cccs1. The van der Waals surface area contributed by atoms with E-state index in [-0.39, 0.29) is 30.1 Å². The molecule has 9 heteroatoms. The molecule has 0 aliphatic heterocycles. The zero-order chi connectivity index (χ0) is 24.0. The Kier molecular flexibility index (Phi) is 8.68. The van der Waals surface area contributed by atoms with Crippen LogP contribution in [0.25, 0.3) is 10.7 Å². The molecule has 0 saturated carbocycles. The van der Waals surface area contributed by atoms with Crippen LogP contribution in [0.2, 0.25) is 0 Å². The summed E-state index contributed by atoms with van der Waals surface area (Å²) in [6.45, 7) is 10.7. The van der Waals surface area contributed by atoms with Gasteiger partial charge >= 0.3 is 5.97 Å². The lowest BCUT2D eigenvalue weighted by atomic mass is 9.92. The smallest absolute Gasteiger partial charge is 0.316 e. The monoisotopic (exact) mass is 486 g/mol. The average Bonchev–Trinajstić information content (AvgIpc) is 3.45. The van der Waals surface area contributed by atoms with E-state index in [0.717, 1.165) is 27.5 Å². The van der Waals surface area contributed by atoms with E-state index in [2.05, 4.69) is 43.2 Å². The molecule has 0 radical (unpaired) electrons. The molecule has 0 atom stereocenters. The Hall–Kier alpha value is -2.65. The number of para-hydroxylation sites is 1. The molecule has 1 amide bonds. The molecular weight excluding hydrogens is 456 g/mol. The van der Waals surface area contributed by atoms with Crippen molar-refractivity contribution in [2.75, 3.05) is 17.7 Å². The highest BCUT2D eigenvalue weighted by molar-refractivity contribution is 7.99. The highest BCUT2D eigenvalue weighted by atomic mass is 32.2. The van der Waals surface area contributed by atoms with Crippen LogP contribution in [0.3, 0.4) is 0 Å². The summed E-state index contributed by atoms with van der Waals surface area (Å²) in [4.78, 5) is 25.9. The van der Waals surface area contributed by atoms with E-state index in [1.165, 1.54) is 11.8 Å². The second-order valence-electron chi connectivity index (χ2n) is 8.15. The number of nitrogens with zero attached hydrogens (tertiary/aromatic N) is 3. The number of nitrogens with one attached hydrogen (secondary N) is 1. The standard InChI is InChI=1S/C24H30N4O3S2/c1-6-28-23(19-11-8-12-32-19)26-27-24(28)33-14-21(30)31-13-20(29)25-22-17(15(2)3)9-7-10-18(22)16(4)5/h7-12,15-16H,6,13-14H2,1-5H3,(H,25,29). The lowest BCUT2D eigenvalue weighted by Crippen LogP contribution is -2.23. The Morgan fingerprint density at radius 1 is 1.09 bits per heavy atom. The van der Waals surface area contributed by atoms with Crippen LogP contribution in [0, 0.1) is 0 Å². The van der Waals surface area contributed by atoms with Gasteiger partial charge in [-0.25, -0.2) is 0 Å². The number of anilines is 1. The van der Waals surface area contributed by atoms with Crippen LogP contribution in [0.1, 0.15) is 57.6 Å². The number of amides is 1. The van der Waals surface area contributed by atoms with Gasteiger partial charge in [0, 0.05) is 12.2 Å². The minimum Gasteiger partial charge on any atom is -0.455 e. The molecule has 176 valence electrons. The molecule has 0 saturated heterocycles. The van der Waals surface area contributed by atoms with Gasteiger partial charge < -0.3 is 14.6 Å². The third kappa shape index (κ3) is 6.23. The van der Waals surface area contributed by atoms with Crippen molar-refractivity contribution in [3.05, 3.63) is 46.8 Å². The predicted molar refractivity (Wildman–Crippen MR) is 134 cm³/mol. The summed E-state index contributed by atoms with van der Waals surface area (Å²) in [5, 5.41) is 14.1. The highest BCUT2D eigenvalue weighted by Crippen LogP contribution is 2.32. The van der Waals surface area contributed by atoms with Crippen molar-refractivity contribution in [3.63, 3.8) is 0 Å². The fourth-order valence-electron chi connectivity index (χ4n) is 3.45. The van der Waals surface area contributed by atoms with E-state index in [1.54, 1.807) is 11.3 Å². The number of benzene rings is 1. The summed E-state index contributed by atoms with van der Waals surface area (Å²) >= 11 is 2.85. The van der Waals surface area contributed by atoms with Gasteiger partial charge in [0.25, 0.3) is 5.91 Å². The summed E-state index contributed by atoms with van der Waals surface area (Å²) in [5.41, 5.74) is 2.95. The van der Waals surface area contributed by atoms with Gasteiger partial charge in [-0.3, -0.25) is 9.59 Å². The predicted octanol–water partition coefficient (Wildman–Crippen LogP) is 5.55. The van der Waals surface area contributed by atoms with Crippen molar-refractivity contribution >= 4 is 40.7 Å². The molecule has 2 aromatic heterocycles. The third-order valence-electron chi connectivity index (χ3n) is 5.10. The Bertz CT molecular complexity index is 1070. The van der Waals surface area contributed by atoms with Gasteiger partial charge in [-0.15, -0.1) is 21.5 Å². The van der Waals surface area contributed by atoms with Crippen LogP contribution < -0.4 is 5.32 Å². The Morgan fingerprint density at radius 3 is 2.36 bits per heavy atom. The molecule has 3 rings (SSSR count). The maximum atomic E-state index is 12.6. The van der Waals surface area contributed by atoms with Crippen LogP contribution in [0.4, 0.5) is 5.69 Å². The van der Waals surface area contributed by atoms with Crippen LogP contribution in [-0.2, 0) is 20.9 Å². The molecule has 0 aliphatic carbocycles. The van der Waals surface area contributed by atoms with E-state index >= 15 is 0 Å². The fraction of sp³-hybridized carbons (Fsp3) is 0.417. The van der Waals surface area contributed by atoms with Crippen LogP contribution in [0.15, 0.2) is 40.9 Å². The maximum absolute atomic E-state index is 12.6. The summed E-state index contributed by atoms with van der Waals surface area (Å²) < 4.78 is 7.19. The molecule has 1 N–H and O–H groups in total. The number of carbonyl (C=O) groups excluding carboxylic acids is 2. The summed E-state index contributed by atoms with van der Waals surface area (Å²) in [5.74, 6) is 0.531. The Morgan fingerprint density at radius 2 is 1.79 bits per heavy atom. The Balaban J connectivity index is 1.57. The lowest BCUT2D eigenvalue weighted by Gasteiger charge is -2.20. The van der Waals surface area contributed by atoms with Crippen LogP contribution in [-0.4, -0.2) is 39.0 Å². The van der Waals surface area contributed by atoms with E-state index < -0.39 is 5.97 Å². The Labute approximate surface area is 203 Å². The molecule has 1 aromatic carbocycles. The van der Waals surface area contributed by atoms with E-state index in [4.69, 9.17) is 4.74 Å². The number of hydrogen-bond acceptors (Lipinski definition) is 7. The first-order valence-corrected chi connectivity index (χ1v) is 12.9. The molecule has 3 aromatic rings. The summed E-state index contributed by atoms with van der Waals surface area (Å²) in [6, 6.07) is 10.0. The van der Waals surface area contributed by atoms with Crippen molar-refractivity contribution in [1.82, 2.24) is 14.8 Å². The van der Waals surface area contributed by atoms with Gasteiger partial charge in [0.2, 0.25) is 0 Å². The first-order valence-electron chi connectivity index (χ1n) is 11.0. The highest BCUT2D eigenvalue weighted by Gasteiger charge is 2.18. The van der Waals surface area contributed by atoms with Crippen molar-refractivity contribution in [2.45, 2.75) is 58.2 Å². The molecule has 2 heterocycles. The number of rotatable bonds is 10. The van der Waals surface area contributed by atoms with E-state index in [9.17, 15) is 9.59 Å². The zero-order valence-corrected chi connectivity index (χ0v) is 21.3. The van der Waals surface area contributed by atoms with Gasteiger partial charge in [-0.1, -0.05) is 63.7 Å². The number of ether oxygens (including phenoxy) is 1.